The van der Waals surface area contributed by atoms with Crippen LogP contribution in [0.3, 0.4) is 0 Å². The molecule has 0 saturated carbocycles. The summed E-state index contributed by atoms with van der Waals surface area (Å²) in [7, 11) is 1.59. The summed E-state index contributed by atoms with van der Waals surface area (Å²) in [6, 6.07) is 8.23. The van der Waals surface area contributed by atoms with Gasteiger partial charge in [-0.2, -0.15) is 0 Å². The molecule has 27 heavy (non-hydrogen) atoms. The fraction of sp³-hybridized carbons (Fsp3) is 0.111. The van der Waals surface area contributed by atoms with E-state index in [0.717, 1.165) is 24.4 Å². The summed E-state index contributed by atoms with van der Waals surface area (Å²) in [6.07, 6.45) is -2.45. The average Bonchev–Trinajstić information content (AvgIpc) is 2.60. The monoisotopic (exact) mass is 381 g/mol. The van der Waals surface area contributed by atoms with Gasteiger partial charge in [0, 0.05) is 41.8 Å². The molecule has 0 fully saturated rings. The smallest absolute Gasteiger partial charge is 0.406 e. The van der Waals surface area contributed by atoms with Gasteiger partial charge in [-0.1, -0.05) is 0 Å². The van der Waals surface area contributed by atoms with Crippen molar-refractivity contribution < 1.29 is 27.1 Å². The lowest BCUT2D eigenvalue weighted by Gasteiger charge is -2.11. The van der Waals surface area contributed by atoms with E-state index in [-0.39, 0.29) is 22.4 Å². The first-order valence-corrected chi connectivity index (χ1v) is 7.58. The Morgan fingerprint density at radius 1 is 1.15 bits per heavy atom. The Bertz CT molecular complexity index is 862. The van der Waals surface area contributed by atoms with E-state index in [9.17, 15) is 22.4 Å². The second kappa shape index (κ2) is 8.35. The molecule has 3 N–H and O–H groups in total. The van der Waals surface area contributed by atoms with Gasteiger partial charge in [0.05, 0.1) is 0 Å². The van der Waals surface area contributed by atoms with Gasteiger partial charge in [-0.3, -0.25) is 4.79 Å². The van der Waals surface area contributed by atoms with Crippen molar-refractivity contribution in [2.24, 2.45) is 0 Å². The van der Waals surface area contributed by atoms with E-state index in [2.05, 4.69) is 15.4 Å². The molecule has 142 valence electrons. The van der Waals surface area contributed by atoms with Crippen LogP contribution in [0.1, 0.15) is 15.9 Å². The number of carbonyl (C=O) groups is 1. The normalized spacial score (nSPS) is 11.7. The molecule has 0 aliphatic heterocycles. The van der Waals surface area contributed by atoms with Gasteiger partial charge in [0.2, 0.25) is 0 Å². The molecule has 2 rings (SSSR count). The van der Waals surface area contributed by atoms with Crippen molar-refractivity contribution in [2.75, 3.05) is 12.4 Å². The topological polar surface area (TPSA) is 74.2 Å². The summed E-state index contributed by atoms with van der Waals surface area (Å²) in [5.41, 5.74) is 0.642. The molecule has 0 aromatic heterocycles. The maximum absolute atomic E-state index is 14.0. The van der Waals surface area contributed by atoms with Gasteiger partial charge in [-0.15, -0.1) is 13.2 Å². The standard InChI is InChI=1S/C18H15F4N3O2/c1-24-10-12(9-23)15-8-11(2-7-16(15)19)17(26)25-13-3-5-14(6-4-13)27-18(20,21)22/h2-10,23-24H,1H3,(H,25,26)/b12-10+,23-9?. The molecule has 0 unspecified atom stereocenters. The molecule has 0 aliphatic carbocycles. The number of allylic oxidation sites excluding steroid dienone is 1. The number of ether oxygens (including phenoxy) is 1. The van der Waals surface area contributed by atoms with Crippen molar-refractivity contribution >= 4 is 23.4 Å². The Morgan fingerprint density at radius 2 is 1.81 bits per heavy atom. The highest BCUT2D eigenvalue weighted by Crippen LogP contribution is 2.24. The largest absolute Gasteiger partial charge is 0.573 e. The predicted octanol–water partition coefficient (Wildman–Crippen LogP) is 4.19. The molecule has 2 aromatic rings. The molecule has 1 amide bonds. The number of hydrogen-bond acceptors (Lipinski definition) is 4. The highest BCUT2D eigenvalue weighted by atomic mass is 19.4. The molecule has 0 atom stereocenters. The second-order valence-electron chi connectivity index (χ2n) is 5.25. The van der Waals surface area contributed by atoms with Crippen LogP contribution in [0.15, 0.2) is 48.7 Å². The van der Waals surface area contributed by atoms with Crippen molar-refractivity contribution in [3.63, 3.8) is 0 Å². The van der Waals surface area contributed by atoms with Crippen LogP contribution in [0.25, 0.3) is 5.57 Å². The van der Waals surface area contributed by atoms with Gasteiger partial charge in [-0.05, 0) is 42.5 Å². The molecule has 0 radical (unpaired) electrons. The van der Waals surface area contributed by atoms with Crippen molar-refractivity contribution in [3.05, 3.63) is 65.6 Å². The van der Waals surface area contributed by atoms with Gasteiger partial charge in [0.15, 0.2) is 0 Å². The van der Waals surface area contributed by atoms with Crippen molar-refractivity contribution in [2.45, 2.75) is 6.36 Å². The number of amides is 1. The Kier molecular flexibility index (Phi) is 6.17. The van der Waals surface area contributed by atoms with Crippen LogP contribution in [0.2, 0.25) is 0 Å². The van der Waals surface area contributed by atoms with Gasteiger partial charge in [0.25, 0.3) is 5.91 Å². The first-order chi connectivity index (χ1) is 12.7. The number of nitrogens with one attached hydrogen (secondary N) is 3. The summed E-state index contributed by atoms with van der Waals surface area (Å²) in [6.45, 7) is 0. The third-order valence-electron chi connectivity index (χ3n) is 3.34. The fourth-order valence-corrected chi connectivity index (χ4v) is 2.18. The van der Waals surface area contributed by atoms with Crippen molar-refractivity contribution in [3.8, 4) is 5.75 Å². The van der Waals surface area contributed by atoms with Crippen molar-refractivity contribution in [1.29, 1.82) is 5.41 Å². The molecule has 9 heteroatoms. The quantitative estimate of drug-likeness (QED) is 0.519. The van der Waals surface area contributed by atoms with Crippen LogP contribution in [0, 0.1) is 11.2 Å². The van der Waals surface area contributed by atoms with Crippen LogP contribution in [-0.4, -0.2) is 25.5 Å². The van der Waals surface area contributed by atoms with Gasteiger partial charge in [-0.25, -0.2) is 4.39 Å². The molecule has 0 saturated heterocycles. The van der Waals surface area contributed by atoms with E-state index in [0.29, 0.717) is 0 Å². The van der Waals surface area contributed by atoms with E-state index >= 15 is 0 Å². The van der Waals surface area contributed by atoms with Crippen LogP contribution in [-0.2, 0) is 0 Å². The molecule has 0 heterocycles. The summed E-state index contributed by atoms with van der Waals surface area (Å²) in [4.78, 5) is 12.3. The van der Waals surface area contributed by atoms with E-state index in [4.69, 9.17) is 5.41 Å². The lowest BCUT2D eigenvalue weighted by molar-refractivity contribution is -0.274. The van der Waals surface area contributed by atoms with Crippen LogP contribution >= 0.6 is 0 Å². The zero-order valence-corrected chi connectivity index (χ0v) is 14.0. The molecule has 2 aromatic carbocycles. The number of carbonyl (C=O) groups excluding carboxylic acids is 1. The van der Waals surface area contributed by atoms with Gasteiger partial charge in [0.1, 0.15) is 11.6 Å². The summed E-state index contributed by atoms with van der Waals surface area (Å²) in [5.74, 6) is -1.61. The Labute approximate surface area is 152 Å². The number of rotatable bonds is 6. The van der Waals surface area contributed by atoms with Crippen LogP contribution in [0.5, 0.6) is 5.75 Å². The third-order valence-corrected chi connectivity index (χ3v) is 3.34. The second-order valence-corrected chi connectivity index (χ2v) is 5.25. The predicted molar refractivity (Wildman–Crippen MR) is 93.3 cm³/mol. The van der Waals surface area contributed by atoms with E-state index in [1.54, 1.807) is 7.05 Å². The minimum absolute atomic E-state index is 0.0564. The van der Waals surface area contributed by atoms with Crippen LogP contribution in [0.4, 0.5) is 23.2 Å². The molecule has 0 aliphatic rings. The number of benzene rings is 2. The van der Waals surface area contributed by atoms with E-state index in [1.165, 1.54) is 30.5 Å². The van der Waals surface area contributed by atoms with Gasteiger partial charge < -0.3 is 20.8 Å². The Morgan fingerprint density at radius 3 is 2.37 bits per heavy atom. The molecular weight excluding hydrogens is 366 g/mol. The lowest BCUT2D eigenvalue weighted by atomic mass is 10.0. The van der Waals surface area contributed by atoms with Crippen molar-refractivity contribution in [1.82, 2.24) is 5.32 Å². The lowest BCUT2D eigenvalue weighted by Crippen LogP contribution is -2.17. The summed E-state index contributed by atoms with van der Waals surface area (Å²) < 4.78 is 54.2. The highest BCUT2D eigenvalue weighted by Gasteiger charge is 2.30. The molecule has 0 bridgehead atoms. The minimum atomic E-state index is -4.80. The number of alkyl halides is 3. The number of halogens is 4. The maximum Gasteiger partial charge on any atom is 0.573 e. The third kappa shape index (κ3) is 5.56. The van der Waals surface area contributed by atoms with Gasteiger partial charge >= 0.3 is 6.36 Å². The summed E-state index contributed by atoms with van der Waals surface area (Å²) >= 11 is 0. The fourth-order valence-electron chi connectivity index (χ4n) is 2.18. The van der Waals surface area contributed by atoms with E-state index in [1.807, 2.05) is 0 Å². The molecule has 0 spiro atoms. The molecule has 5 nitrogen and oxygen atoms in total. The zero-order chi connectivity index (χ0) is 20.0. The highest BCUT2D eigenvalue weighted by molar-refractivity contribution is 6.10. The first kappa shape index (κ1) is 20.0. The SMILES string of the molecule is CN/C=C(\C=N)c1cc(C(=O)Nc2ccc(OC(F)(F)F)cc2)ccc1F. The maximum atomic E-state index is 14.0. The zero-order valence-electron chi connectivity index (χ0n) is 14.0. The van der Waals surface area contributed by atoms with Crippen LogP contribution < -0.4 is 15.4 Å². The Balaban J connectivity index is 2.19. The summed E-state index contributed by atoms with van der Waals surface area (Å²) in [5, 5.41) is 12.5. The van der Waals surface area contributed by atoms with E-state index < -0.39 is 23.8 Å². The Hall–Kier alpha value is -3.36. The minimum Gasteiger partial charge on any atom is -0.406 e. The number of hydrogen-bond donors (Lipinski definition) is 3. The average molecular weight is 381 g/mol. The number of anilines is 1. The first-order valence-electron chi connectivity index (χ1n) is 7.58. The molecular formula is C18H15F4N3O2.